The third-order valence-corrected chi connectivity index (χ3v) is 1.02. The maximum atomic E-state index is 9.63. The van der Waals surface area contributed by atoms with Crippen LogP contribution in [0.25, 0.3) is 0 Å². The van der Waals surface area contributed by atoms with E-state index in [0.717, 1.165) is 0 Å². The van der Waals surface area contributed by atoms with Gasteiger partial charge in [0.05, 0.1) is 0 Å². The van der Waals surface area contributed by atoms with Gasteiger partial charge in [-0.05, 0) is 0 Å². The molecular weight excluding hydrogens is 124 g/mol. The summed E-state index contributed by atoms with van der Waals surface area (Å²) in [7, 11) is -3.88. The van der Waals surface area contributed by atoms with Gasteiger partial charge in [0.2, 0.25) is 0 Å². The Labute approximate surface area is 39.2 Å². The van der Waals surface area contributed by atoms with Crippen molar-refractivity contribution in [2.45, 2.75) is 0 Å². The third kappa shape index (κ3) is 0.637. The van der Waals surface area contributed by atoms with Crippen LogP contribution < -0.4 is 0 Å². The lowest BCUT2D eigenvalue weighted by molar-refractivity contribution is 0.106. The second-order valence-corrected chi connectivity index (χ2v) is 1.97. The van der Waals surface area contributed by atoms with Gasteiger partial charge in [-0.1, -0.05) is 0 Å². The average Bonchev–Trinajstić information content (AvgIpc) is 1.27. The monoisotopic (exact) mass is 124 g/mol. The van der Waals surface area contributed by atoms with Crippen molar-refractivity contribution in [2.24, 2.45) is 0 Å². The first-order valence-corrected chi connectivity index (χ1v) is 2.61. The molecule has 0 aliphatic carbocycles. The number of carbonyl (C=O) groups excluding carboxylic acids is 1. The van der Waals surface area contributed by atoms with Crippen molar-refractivity contribution in [2.75, 3.05) is 0 Å². The van der Waals surface area contributed by atoms with Crippen LogP contribution >= 0.6 is 0 Å². The molecule has 1 aliphatic rings. The van der Waals surface area contributed by atoms with Gasteiger partial charge in [0.15, 0.2) is 0 Å². The van der Waals surface area contributed by atoms with Crippen LogP contribution in [-0.2, 0) is 18.8 Å². The fourth-order valence-electron chi connectivity index (χ4n) is 0.173. The molecule has 0 amide bonds. The van der Waals surface area contributed by atoms with Gasteiger partial charge >= 0.3 is 16.6 Å². The van der Waals surface area contributed by atoms with Gasteiger partial charge in [0, 0.05) is 0 Å². The summed E-state index contributed by atoms with van der Waals surface area (Å²) in [5.41, 5.74) is 0. The Morgan fingerprint density at radius 2 is 1.71 bits per heavy atom. The van der Waals surface area contributed by atoms with Crippen LogP contribution in [0.5, 0.6) is 0 Å². The molecule has 0 bridgehead atoms. The largest absolute Gasteiger partial charge is 0.544 e. The molecule has 0 aromatic rings. The van der Waals surface area contributed by atoms with Crippen molar-refractivity contribution < 1.29 is 21.6 Å². The predicted octanol–water partition coefficient (Wildman–Crippen LogP) is -0.602. The Bertz CT molecular complexity index is 172. The van der Waals surface area contributed by atoms with Gasteiger partial charge in [0.1, 0.15) is 0 Å². The van der Waals surface area contributed by atoms with Gasteiger partial charge in [-0.25, -0.2) is 4.79 Å². The zero-order chi connectivity index (χ0) is 5.49. The summed E-state index contributed by atoms with van der Waals surface area (Å²) in [5, 5.41) is 0. The molecule has 0 spiro atoms. The minimum Gasteiger partial charge on any atom is -0.280 e. The fourth-order valence-corrected chi connectivity index (χ4v) is 0.519. The van der Waals surface area contributed by atoms with E-state index in [1.807, 2.05) is 0 Å². The Morgan fingerprint density at radius 1 is 1.29 bits per heavy atom. The molecule has 7 heavy (non-hydrogen) atoms. The highest BCUT2D eigenvalue weighted by Gasteiger charge is 2.35. The smallest absolute Gasteiger partial charge is 0.280 e. The summed E-state index contributed by atoms with van der Waals surface area (Å²) in [6.45, 7) is 0. The number of hydrogen-bond acceptors (Lipinski definition) is 5. The Balaban J connectivity index is 2.79. The molecule has 5 nitrogen and oxygen atoms in total. The maximum Gasteiger partial charge on any atom is 0.544 e. The number of rotatable bonds is 0. The molecule has 1 fully saturated rings. The first-order valence-electron chi connectivity index (χ1n) is 1.28. The Hall–Kier alpha value is -0.780. The number of carbonyl (C=O) groups is 1. The molecule has 6 heteroatoms. The van der Waals surface area contributed by atoms with Crippen LogP contribution in [-0.4, -0.2) is 14.6 Å². The van der Waals surface area contributed by atoms with E-state index in [1.54, 1.807) is 0 Å². The fraction of sp³-hybridized carbons (Fsp3) is 0. The SMILES string of the molecule is O=C1OS(=O)(=O)O1. The van der Waals surface area contributed by atoms with Crippen LogP contribution in [0.15, 0.2) is 0 Å². The molecular formula is CO5S. The molecule has 0 unspecified atom stereocenters. The lowest BCUT2D eigenvalue weighted by atomic mass is 11.5. The van der Waals surface area contributed by atoms with Crippen LogP contribution in [0.1, 0.15) is 0 Å². The molecule has 40 valence electrons. The summed E-state index contributed by atoms with van der Waals surface area (Å²) in [6, 6.07) is 0. The van der Waals surface area contributed by atoms with Crippen molar-refractivity contribution in [3.63, 3.8) is 0 Å². The van der Waals surface area contributed by atoms with Crippen molar-refractivity contribution in [3.05, 3.63) is 0 Å². The summed E-state index contributed by atoms with van der Waals surface area (Å²) >= 11 is 0. The van der Waals surface area contributed by atoms with Gasteiger partial charge in [0.25, 0.3) is 0 Å². The lowest BCUT2D eigenvalue weighted by Gasteiger charge is -2.08. The second-order valence-electron chi connectivity index (χ2n) is 0.825. The van der Waals surface area contributed by atoms with E-state index in [4.69, 9.17) is 0 Å². The summed E-state index contributed by atoms with van der Waals surface area (Å²) in [4.78, 5) is 9.49. The minimum absolute atomic E-state index is 1.17. The first kappa shape index (κ1) is 4.38. The first-order chi connectivity index (χ1) is 3.10. The van der Waals surface area contributed by atoms with Gasteiger partial charge < -0.3 is 0 Å². The summed E-state index contributed by atoms with van der Waals surface area (Å²) in [5.74, 6) is 0. The van der Waals surface area contributed by atoms with E-state index in [2.05, 4.69) is 8.37 Å². The average molecular weight is 124 g/mol. The van der Waals surface area contributed by atoms with Crippen molar-refractivity contribution in [1.82, 2.24) is 0 Å². The molecule has 0 radical (unpaired) electrons. The van der Waals surface area contributed by atoms with Crippen molar-refractivity contribution in [3.8, 4) is 0 Å². The second kappa shape index (κ2) is 0.890. The quantitative estimate of drug-likeness (QED) is 0.431. The molecule has 0 aromatic heterocycles. The molecule has 0 aromatic carbocycles. The van der Waals surface area contributed by atoms with Crippen LogP contribution in [0, 0.1) is 0 Å². The molecule has 0 saturated carbocycles. The van der Waals surface area contributed by atoms with Crippen molar-refractivity contribution >= 4 is 16.6 Å². The molecule has 1 saturated heterocycles. The van der Waals surface area contributed by atoms with Crippen LogP contribution in [0.4, 0.5) is 4.79 Å². The van der Waals surface area contributed by atoms with Crippen molar-refractivity contribution in [1.29, 1.82) is 0 Å². The highest BCUT2D eigenvalue weighted by molar-refractivity contribution is 7.84. The Kier molecular flexibility index (Phi) is 0.557. The minimum atomic E-state index is -3.88. The highest BCUT2D eigenvalue weighted by Crippen LogP contribution is 2.09. The van der Waals surface area contributed by atoms with E-state index < -0.39 is 16.6 Å². The highest BCUT2D eigenvalue weighted by atomic mass is 32.3. The van der Waals surface area contributed by atoms with Crippen LogP contribution in [0.2, 0.25) is 0 Å². The van der Waals surface area contributed by atoms with Crippen LogP contribution in [0.3, 0.4) is 0 Å². The maximum absolute atomic E-state index is 9.63. The summed E-state index contributed by atoms with van der Waals surface area (Å²) in [6.07, 6.45) is -1.17. The van der Waals surface area contributed by atoms with Gasteiger partial charge in [-0.3, -0.25) is 8.37 Å². The topological polar surface area (TPSA) is 69.7 Å². The molecule has 1 rings (SSSR count). The molecule has 1 heterocycles. The molecule has 1 aliphatic heterocycles. The van der Waals surface area contributed by atoms with E-state index in [9.17, 15) is 13.2 Å². The standard InChI is InChI=1S/CO5S/c2-1-5-7(3,4)6-1. The number of hydrogen-bond donors (Lipinski definition) is 0. The van der Waals surface area contributed by atoms with E-state index in [-0.39, 0.29) is 0 Å². The zero-order valence-corrected chi connectivity index (χ0v) is 3.77. The lowest BCUT2D eigenvalue weighted by Crippen LogP contribution is -2.29. The normalized spacial score (nSPS) is 24.3. The Morgan fingerprint density at radius 3 is 1.71 bits per heavy atom. The molecule has 0 N–H and O–H groups in total. The predicted molar refractivity (Wildman–Crippen MR) is 16.5 cm³/mol. The van der Waals surface area contributed by atoms with Gasteiger partial charge in [-0.15, -0.1) is 8.42 Å². The zero-order valence-electron chi connectivity index (χ0n) is 2.95. The molecule has 0 atom stereocenters. The van der Waals surface area contributed by atoms with E-state index >= 15 is 0 Å². The van der Waals surface area contributed by atoms with Gasteiger partial charge in [-0.2, -0.15) is 0 Å². The van der Waals surface area contributed by atoms with E-state index in [0.29, 0.717) is 0 Å². The summed E-state index contributed by atoms with van der Waals surface area (Å²) < 4.78 is 26.1. The van der Waals surface area contributed by atoms with E-state index in [1.165, 1.54) is 0 Å². The third-order valence-electron chi connectivity index (χ3n) is 0.340.